The summed E-state index contributed by atoms with van der Waals surface area (Å²) < 4.78 is 10.4. The lowest BCUT2D eigenvalue weighted by Gasteiger charge is -2.09. The first-order valence-corrected chi connectivity index (χ1v) is 6.59. The van der Waals surface area contributed by atoms with Gasteiger partial charge in [-0.1, -0.05) is 6.07 Å². The second-order valence-corrected chi connectivity index (χ2v) is 4.17. The quantitative estimate of drug-likeness (QED) is 0.877. The summed E-state index contributed by atoms with van der Waals surface area (Å²) in [6.07, 6.45) is 3.13. The van der Waals surface area contributed by atoms with Gasteiger partial charge in [-0.2, -0.15) is 0 Å². The molecule has 0 spiro atoms. The zero-order valence-corrected chi connectivity index (χ0v) is 12.0. The van der Waals surface area contributed by atoms with Gasteiger partial charge in [-0.05, 0) is 19.1 Å². The Labute approximate surface area is 123 Å². The van der Waals surface area contributed by atoms with Gasteiger partial charge in [0.05, 0.1) is 19.3 Å². The monoisotopic (exact) mass is 287 g/mol. The van der Waals surface area contributed by atoms with E-state index in [1.807, 2.05) is 13.0 Å². The number of aromatic nitrogens is 2. The van der Waals surface area contributed by atoms with Crippen LogP contribution in [-0.4, -0.2) is 29.6 Å². The summed E-state index contributed by atoms with van der Waals surface area (Å²) in [6.45, 7) is 2.76. The van der Waals surface area contributed by atoms with E-state index in [2.05, 4.69) is 15.3 Å². The molecule has 0 aliphatic carbocycles. The van der Waals surface area contributed by atoms with E-state index >= 15 is 0 Å². The number of nitrogens with zero attached hydrogens (tertiary/aromatic N) is 2. The van der Waals surface area contributed by atoms with Crippen LogP contribution in [0.25, 0.3) is 0 Å². The van der Waals surface area contributed by atoms with E-state index < -0.39 is 0 Å². The predicted molar refractivity (Wildman–Crippen MR) is 77.4 cm³/mol. The van der Waals surface area contributed by atoms with Crippen molar-refractivity contribution in [1.82, 2.24) is 15.3 Å². The van der Waals surface area contributed by atoms with Crippen molar-refractivity contribution < 1.29 is 14.3 Å². The molecule has 21 heavy (non-hydrogen) atoms. The zero-order valence-electron chi connectivity index (χ0n) is 12.0. The molecule has 2 rings (SSSR count). The number of amides is 1. The second-order valence-electron chi connectivity index (χ2n) is 4.17. The van der Waals surface area contributed by atoms with Gasteiger partial charge < -0.3 is 14.8 Å². The van der Waals surface area contributed by atoms with Crippen molar-refractivity contribution in [3.63, 3.8) is 0 Å². The lowest BCUT2D eigenvalue weighted by molar-refractivity contribution is 0.0950. The Hall–Kier alpha value is -2.63. The second kappa shape index (κ2) is 7.23. The van der Waals surface area contributed by atoms with E-state index in [0.29, 0.717) is 30.5 Å². The molecule has 0 saturated carbocycles. The lowest BCUT2D eigenvalue weighted by atomic mass is 10.2. The molecule has 0 unspecified atom stereocenters. The van der Waals surface area contributed by atoms with Crippen molar-refractivity contribution in [2.45, 2.75) is 13.5 Å². The maximum Gasteiger partial charge on any atom is 0.253 e. The number of carbonyl (C=O) groups is 1. The van der Waals surface area contributed by atoms with Crippen molar-refractivity contribution >= 4 is 5.91 Å². The van der Waals surface area contributed by atoms with Crippen LogP contribution in [-0.2, 0) is 6.54 Å². The van der Waals surface area contributed by atoms with Crippen LogP contribution in [0.15, 0.2) is 36.7 Å². The molecule has 0 bridgehead atoms. The number of pyridine rings is 2. The molecule has 0 aliphatic heterocycles. The zero-order chi connectivity index (χ0) is 15.1. The van der Waals surface area contributed by atoms with Crippen molar-refractivity contribution in [2.75, 3.05) is 13.7 Å². The van der Waals surface area contributed by atoms with Gasteiger partial charge in [0.2, 0.25) is 11.8 Å². The first-order valence-electron chi connectivity index (χ1n) is 6.59. The van der Waals surface area contributed by atoms with E-state index in [1.54, 1.807) is 24.4 Å². The normalized spacial score (nSPS) is 10.0. The summed E-state index contributed by atoms with van der Waals surface area (Å²) in [6, 6.07) is 6.97. The van der Waals surface area contributed by atoms with Gasteiger partial charge in [0.15, 0.2) is 0 Å². The molecule has 0 radical (unpaired) electrons. The van der Waals surface area contributed by atoms with Crippen molar-refractivity contribution in [1.29, 1.82) is 0 Å². The number of ether oxygens (including phenoxy) is 2. The highest BCUT2D eigenvalue weighted by Crippen LogP contribution is 2.14. The smallest absolute Gasteiger partial charge is 0.253 e. The first kappa shape index (κ1) is 14.8. The Kier molecular flexibility index (Phi) is 5.09. The minimum Gasteiger partial charge on any atom is -0.481 e. The molecule has 0 saturated heterocycles. The van der Waals surface area contributed by atoms with Gasteiger partial charge >= 0.3 is 0 Å². The minimum absolute atomic E-state index is 0.212. The summed E-state index contributed by atoms with van der Waals surface area (Å²) in [4.78, 5) is 20.2. The van der Waals surface area contributed by atoms with Crippen LogP contribution in [0.5, 0.6) is 11.8 Å². The third-order valence-electron chi connectivity index (χ3n) is 2.78. The molecule has 6 heteroatoms. The fraction of sp³-hybridized carbons (Fsp3) is 0.267. The average molecular weight is 287 g/mol. The number of hydrogen-bond acceptors (Lipinski definition) is 5. The van der Waals surface area contributed by atoms with E-state index in [0.717, 1.165) is 5.56 Å². The summed E-state index contributed by atoms with van der Waals surface area (Å²) in [5.41, 5.74) is 1.30. The Morgan fingerprint density at radius 1 is 1.29 bits per heavy atom. The highest BCUT2D eigenvalue weighted by atomic mass is 16.5. The van der Waals surface area contributed by atoms with Crippen LogP contribution in [0.1, 0.15) is 22.8 Å². The molecular weight excluding hydrogens is 270 g/mol. The standard InChI is InChI=1S/C15H17N3O3/c1-3-21-15-12(5-4-8-16-15)10-18-14(19)11-6-7-13(20-2)17-9-11/h4-9H,3,10H2,1-2H3,(H,18,19). The molecule has 0 atom stereocenters. The summed E-state index contributed by atoms with van der Waals surface area (Å²) in [5, 5.41) is 2.81. The fourth-order valence-corrected chi connectivity index (χ4v) is 1.74. The maximum absolute atomic E-state index is 12.0. The molecule has 2 aromatic heterocycles. The topological polar surface area (TPSA) is 73.3 Å². The van der Waals surface area contributed by atoms with E-state index in [4.69, 9.17) is 9.47 Å². The largest absolute Gasteiger partial charge is 0.481 e. The SMILES string of the molecule is CCOc1ncccc1CNC(=O)c1ccc(OC)nc1. The lowest BCUT2D eigenvalue weighted by Crippen LogP contribution is -2.23. The van der Waals surface area contributed by atoms with Crippen molar-refractivity contribution in [2.24, 2.45) is 0 Å². The van der Waals surface area contributed by atoms with Crippen molar-refractivity contribution in [3.8, 4) is 11.8 Å². The van der Waals surface area contributed by atoms with Gasteiger partial charge in [0.25, 0.3) is 5.91 Å². The average Bonchev–Trinajstić information content (AvgIpc) is 2.54. The van der Waals surface area contributed by atoms with E-state index in [9.17, 15) is 4.79 Å². The molecule has 6 nitrogen and oxygen atoms in total. The summed E-state index contributed by atoms with van der Waals surface area (Å²) in [5.74, 6) is 0.794. The number of carbonyl (C=O) groups excluding carboxylic acids is 1. The Morgan fingerprint density at radius 3 is 2.81 bits per heavy atom. The molecule has 0 aromatic carbocycles. The number of methoxy groups -OCH3 is 1. The van der Waals surface area contributed by atoms with Crippen LogP contribution in [0.3, 0.4) is 0 Å². The van der Waals surface area contributed by atoms with Gasteiger partial charge in [0, 0.05) is 30.6 Å². The Bertz CT molecular complexity index is 599. The number of hydrogen-bond donors (Lipinski definition) is 1. The van der Waals surface area contributed by atoms with Crippen LogP contribution in [0.4, 0.5) is 0 Å². The molecule has 2 heterocycles. The molecule has 0 fully saturated rings. The number of rotatable bonds is 6. The maximum atomic E-state index is 12.0. The van der Waals surface area contributed by atoms with Crippen LogP contribution in [0.2, 0.25) is 0 Å². The first-order chi connectivity index (χ1) is 10.2. The highest BCUT2D eigenvalue weighted by Gasteiger charge is 2.09. The van der Waals surface area contributed by atoms with Gasteiger partial charge in [-0.25, -0.2) is 9.97 Å². The molecule has 110 valence electrons. The molecule has 1 N–H and O–H groups in total. The molecular formula is C15H17N3O3. The third-order valence-corrected chi connectivity index (χ3v) is 2.78. The van der Waals surface area contributed by atoms with E-state index in [-0.39, 0.29) is 5.91 Å². The third kappa shape index (κ3) is 3.92. The molecule has 1 amide bonds. The Balaban J connectivity index is 2.00. The highest BCUT2D eigenvalue weighted by molar-refractivity contribution is 5.93. The fourth-order valence-electron chi connectivity index (χ4n) is 1.74. The molecule has 0 aliphatic rings. The minimum atomic E-state index is -0.212. The van der Waals surface area contributed by atoms with Crippen LogP contribution in [0, 0.1) is 0 Å². The van der Waals surface area contributed by atoms with E-state index in [1.165, 1.54) is 13.3 Å². The van der Waals surface area contributed by atoms with Gasteiger partial charge in [-0.15, -0.1) is 0 Å². The Morgan fingerprint density at radius 2 is 2.14 bits per heavy atom. The van der Waals surface area contributed by atoms with Crippen LogP contribution >= 0.6 is 0 Å². The van der Waals surface area contributed by atoms with Crippen molar-refractivity contribution in [3.05, 3.63) is 47.8 Å². The van der Waals surface area contributed by atoms with Gasteiger partial charge in [-0.3, -0.25) is 4.79 Å². The predicted octanol–water partition coefficient (Wildman–Crippen LogP) is 1.81. The molecule has 2 aromatic rings. The van der Waals surface area contributed by atoms with Crippen LogP contribution < -0.4 is 14.8 Å². The summed E-state index contributed by atoms with van der Waals surface area (Å²) >= 11 is 0. The summed E-state index contributed by atoms with van der Waals surface area (Å²) in [7, 11) is 1.53. The number of nitrogens with one attached hydrogen (secondary N) is 1. The van der Waals surface area contributed by atoms with Gasteiger partial charge in [0.1, 0.15) is 0 Å².